The molecule has 3 nitrogen and oxygen atoms in total. The van der Waals surface area contributed by atoms with E-state index in [2.05, 4.69) is 46.7 Å². The minimum atomic E-state index is -0.0939. The molecule has 0 aromatic heterocycles. The number of likely N-dealkylation sites (tertiary alicyclic amines) is 1. The number of hydrogen-bond donors (Lipinski definition) is 1. The number of allylic oxidation sites excluding steroid dienone is 4. The molecule has 196 valence electrons. The fraction of sp³-hybridized carbons (Fsp3) is 0.455. The van der Waals surface area contributed by atoms with Gasteiger partial charge in [0.1, 0.15) is 5.83 Å². The van der Waals surface area contributed by atoms with E-state index in [-0.39, 0.29) is 5.83 Å². The van der Waals surface area contributed by atoms with E-state index in [0.29, 0.717) is 5.92 Å². The fourth-order valence-corrected chi connectivity index (χ4v) is 6.19. The number of anilines is 1. The smallest absolute Gasteiger partial charge is 0.118 e. The first-order valence-corrected chi connectivity index (χ1v) is 14.2. The molecule has 2 heterocycles. The summed E-state index contributed by atoms with van der Waals surface area (Å²) in [5.74, 6) is 1.10. The summed E-state index contributed by atoms with van der Waals surface area (Å²) in [4.78, 5) is 5.10. The predicted molar refractivity (Wildman–Crippen MR) is 154 cm³/mol. The highest BCUT2D eigenvalue weighted by molar-refractivity contribution is 5.64. The maximum atomic E-state index is 13.4. The van der Waals surface area contributed by atoms with Crippen molar-refractivity contribution in [1.82, 2.24) is 9.80 Å². The highest BCUT2D eigenvalue weighted by atomic mass is 19.1. The molecule has 2 N–H and O–H groups in total. The Labute approximate surface area is 222 Å². The van der Waals surface area contributed by atoms with Gasteiger partial charge in [-0.1, -0.05) is 43.0 Å². The summed E-state index contributed by atoms with van der Waals surface area (Å²) in [5, 5.41) is 0. The van der Waals surface area contributed by atoms with Crippen molar-refractivity contribution >= 4 is 11.3 Å². The highest BCUT2D eigenvalue weighted by Crippen LogP contribution is 2.30. The molecular weight excluding hydrogens is 457 g/mol. The van der Waals surface area contributed by atoms with Crippen molar-refractivity contribution in [2.75, 3.05) is 31.9 Å². The Bertz CT molecular complexity index is 1140. The molecule has 0 bridgehead atoms. The van der Waals surface area contributed by atoms with Crippen molar-refractivity contribution in [2.45, 2.75) is 58.0 Å². The Morgan fingerprint density at radius 2 is 1.86 bits per heavy atom. The first-order valence-electron chi connectivity index (χ1n) is 14.2. The van der Waals surface area contributed by atoms with E-state index in [1.165, 1.54) is 53.5 Å². The predicted octanol–water partition coefficient (Wildman–Crippen LogP) is 7.15. The summed E-state index contributed by atoms with van der Waals surface area (Å²) in [7, 11) is 0. The third kappa shape index (κ3) is 7.00. The van der Waals surface area contributed by atoms with Gasteiger partial charge in [-0.05, 0) is 129 Å². The van der Waals surface area contributed by atoms with Gasteiger partial charge in [0, 0.05) is 25.3 Å². The van der Waals surface area contributed by atoms with E-state index in [9.17, 15) is 4.39 Å². The molecule has 1 atom stereocenters. The number of nitrogens with zero attached hydrogens (tertiary/aromatic N) is 2. The van der Waals surface area contributed by atoms with Crippen LogP contribution in [0.5, 0.6) is 0 Å². The standard InChI is InChI=1S/C33H42FN3/c1-25(8-9-26-16-19-36(20-17-26)23-30-5-2-3-7-33(30)35)29-13-12-28-6-4-18-37(24-31(28)21-29)22-27-10-14-32(34)15-11-27/h2-3,5,7,10,12-15,21,26-27H,1,4,6,8-9,11,16-20,22-24,35H2. The van der Waals surface area contributed by atoms with Gasteiger partial charge in [0.2, 0.25) is 0 Å². The zero-order valence-corrected chi connectivity index (χ0v) is 22.2. The molecule has 1 aliphatic carbocycles. The summed E-state index contributed by atoms with van der Waals surface area (Å²) >= 11 is 0. The lowest BCUT2D eigenvalue weighted by Gasteiger charge is -2.32. The number of hydrogen-bond acceptors (Lipinski definition) is 3. The van der Waals surface area contributed by atoms with Crippen LogP contribution in [0.4, 0.5) is 10.1 Å². The number of para-hydroxylation sites is 1. The van der Waals surface area contributed by atoms with Gasteiger partial charge in [-0.25, -0.2) is 4.39 Å². The first-order chi connectivity index (χ1) is 18.0. The Hall–Kier alpha value is -2.69. The SMILES string of the molecule is C=C(CCC1CCN(Cc2ccccc2N)CC1)c1ccc2c(c1)CN(CC1C=CC(F)=CC1)CCC2. The van der Waals surface area contributed by atoms with Gasteiger partial charge in [-0.15, -0.1) is 0 Å². The molecule has 1 saturated heterocycles. The molecule has 0 spiro atoms. The van der Waals surface area contributed by atoms with Crippen LogP contribution in [0.3, 0.4) is 0 Å². The van der Waals surface area contributed by atoms with Crippen LogP contribution in [0.1, 0.15) is 60.8 Å². The lowest BCUT2D eigenvalue weighted by atomic mass is 9.88. The van der Waals surface area contributed by atoms with Crippen molar-refractivity contribution in [2.24, 2.45) is 11.8 Å². The van der Waals surface area contributed by atoms with Gasteiger partial charge in [0.05, 0.1) is 0 Å². The second-order valence-electron chi connectivity index (χ2n) is 11.3. The Morgan fingerprint density at radius 3 is 2.65 bits per heavy atom. The normalized spacial score (nSPS) is 21.3. The maximum Gasteiger partial charge on any atom is 0.118 e. The number of fused-ring (bicyclic) bond motifs is 1. The molecule has 4 heteroatoms. The number of aryl methyl sites for hydroxylation is 1. The van der Waals surface area contributed by atoms with Gasteiger partial charge in [0.15, 0.2) is 0 Å². The lowest BCUT2D eigenvalue weighted by molar-refractivity contribution is 0.173. The van der Waals surface area contributed by atoms with Crippen molar-refractivity contribution in [1.29, 1.82) is 0 Å². The van der Waals surface area contributed by atoms with Crippen molar-refractivity contribution in [3.63, 3.8) is 0 Å². The van der Waals surface area contributed by atoms with Gasteiger partial charge in [-0.2, -0.15) is 0 Å². The Morgan fingerprint density at radius 1 is 1.03 bits per heavy atom. The number of piperidine rings is 1. The van der Waals surface area contributed by atoms with E-state index in [4.69, 9.17) is 5.73 Å². The van der Waals surface area contributed by atoms with Gasteiger partial charge in [-0.3, -0.25) is 9.80 Å². The molecule has 0 radical (unpaired) electrons. The maximum absolute atomic E-state index is 13.4. The Kier molecular flexibility index (Phi) is 8.58. The van der Waals surface area contributed by atoms with E-state index < -0.39 is 0 Å². The van der Waals surface area contributed by atoms with Crippen molar-refractivity contribution < 1.29 is 4.39 Å². The molecule has 2 aromatic rings. The molecule has 3 aliphatic rings. The molecule has 2 aromatic carbocycles. The number of halogens is 1. The fourth-order valence-electron chi connectivity index (χ4n) is 6.19. The molecule has 0 saturated carbocycles. The lowest BCUT2D eigenvalue weighted by Crippen LogP contribution is -2.33. The molecule has 37 heavy (non-hydrogen) atoms. The third-order valence-electron chi connectivity index (χ3n) is 8.58. The third-order valence-corrected chi connectivity index (χ3v) is 8.58. The topological polar surface area (TPSA) is 32.5 Å². The minimum Gasteiger partial charge on any atom is -0.398 e. The average molecular weight is 500 g/mol. The minimum absolute atomic E-state index is 0.0939. The second kappa shape index (κ2) is 12.2. The number of rotatable bonds is 8. The largest absolute Gasteiger partial charge is 0.398 e. The van der Waals surface area contributed by atoms with Crippen LogP contribution in [0.25, 0.3) is 5.57 Å². The van der Waals surface area contributed by atoms with Gasteiger partial charge >= 0.3 is 0 Å². The van der Waals surface area contributed by atoms with Gasteiger partial charge in [0.25, 0.3) is 0 Å². The van der Waals surface area contributed by atoms with E-state index in [0.717, 1.165) is 70.1 Å². The first kappa shape index (κ1) is 25.9. The molecular formula is C33H42FN3. The van der Waals surface area contributed by atoms with E-state index in [1.54, 1.807) is 12.2 Å². The average Bonchev–Trinajstić information content (AvgIpc) is 3.12. The van der Waals surface area contributed by atoms with Crippen LogP contribution < -0.4 is 5.73 Å². The summed E-state index contributed by atoms with van der Waals surface area (Å²) in [6.45, 7) is 10.8. The van der Waals surface area contributed by atoms with Crippen LogP contribution in [0, 0.1) is 11.8 Å². The van der Waals surface area contributed by atoms with Crippen LogP contribution in [0.2, 0.25) is 0 Å². The molecule has 1 fully saturated rings. The molecule has 0 amide bonds. The summed E-state index contributed by atoms with van der Waals surface area (Å²) in [6.07, 6.45) is 13.3. The monoisotopic (exact) mass is 499 g/mol. The highest BCUT2D eigenvalue weighted by Gasteiger charge is 2.21. The molecule has 2 aliphatic heterocycles. The van der Waals surface area contributed by atoms with Gasteiger partial charge < -0.3 is 5.73 Å². The Balaban J connectivity index is 1.11. The zero-order chi connectivity index (χ0) is 25.6. The zero-order valence-electron chi connectivity index (χ0n) is 22.2. The number of benzene rings is 2. The summed E-state index contributed by atoms with van der Waals surface area (Å²) < 4.78 is 13.4. The van der Waals surface area contributed by atoms with E-state index in [1.807, 2.05) is 18.2 Å². The van der Waals surface area contributed by atoms with Crippen molar-refractivity contribution in [3.8, 4) is 0 Å². The number of nitrogens with two attached hydrogens (primary N) is 1. The van der Waals surface area contributed by atoms with Crippen LogP contribution in [0.15, 0.2) is 73.1 Å². The molecule has 5 rings (SSSR count). The quantitative estimate of drug-likeness (QED) is 0.391. The van der Waals surface area contributed by atoms with E-state index >= 15 is 0 Å². The second-order valence-corrected chi connectivity index (χ2v) is 11.3. The summed E-state index contributed by atoms with van der Waals surface area (Å²) in [5.41, 5.74) is 13.8. The van der Waals surface area contributed by atoms with Crippen LogP contribution in [-0.4, -0.2) is 36.0 Å². The molecule has 1 unspecified atom stereocenters. The van der Waals surface area contributed by atoms with Crippen LogP contribution >= 0.6 is 0 Å². The van der Waals surface area contributed by atoms with Crippen molar-refractivity contribution in [3.05, 3.63) is 95.4 Å². The van der Waals surface area contributed by atoms with Crippen LogP contribution in [-0.2, 0) is 19.5 Å². The summed E-state index contributed by atoms with van der Waals surface area (Å²) in [6, 6.07) is 15.3. The number of nitrogen functional groups attached to an aromatic ring is 1.